The van der Waals surface area contributed by atoms with Crippen LogP contribution in [0.25, 0.3) is 0 Å². The predicted octanol–water partition coefficient (Wildman–Crippen LogP) is -1.32. The highest BCUT2D eigenvalue weighted by Crippen LogP contribution is 2.04. The molecule has 1 amide bonds. The van der Waals surface area contributed by atoms with Gasteiger partial charge < -0.3 is 5.21 Å². The summed E-state index contributed by atoms with van der Waals surface area (Å²) in [5.74, 6) is 3.53. The first-order valence-corrected chi connectivity index (χ1v) is 3.84. The first-order valence-electron chi connectivity index (χ1n) is 3.84. The lowest BCUT2D eigenvalue weighted by Gasteiger charge is -2.12. The molecular formula is C8H9N3O3. The number of rotatable bonds is 2. The van der Waals surface area contributed by atoms with Crippen LogP contribution >= 0.6 is 0 Å². The SMILES string of the molecule is CC(=O)c1ncccc1C(=O)[NH+](N)[O-]. The quantitative estimate of drug-likeness (QED) is 0.264. The fourth-order valence-corrected chi connectivity index (χ4v) is 1.00. The summed E-state index contributed by atoms with van der Waals surface area (Å²) < 4.78 is 0. The number of ketones is 1. The van der Waals surface area contributed by atoms with Crippen LogP contribution in [0.2, 0.25) is 0 Å². The molecule has 1 heterocycles. The molecular weight excluding hydrogens is 186 g/mol. The number of carbonyl (C=O) groups is 2. The van der Waals surface area contributed by atoms with Crippen LogP contribution in [0, 0.1) is 5.21 Å². The Labute approximate surface area is 79.9 Å². The number of aromatic nitrogens is 1. The molecule has 1 aromatic rings. The number of carbonyl (C=O) groups excluding carboxylic acids is 2. The van der Waals surface area contributed by atoms with E-state index in [1.54, 1.807) is 0 Å². The molecule has 0 aliphatic carbocycles. The maximum atomic E-state index is 11.2. The van der Waals surface area contributed by atoms with Crippen molar-refractivity contribution in [1.29, 1.82) is 0 Å². The fraction of sp³-hybridized carbons (Fsp3) is 0.125. The lowest BCUT2D eigenvalue weighted by Crippen LogP contribution is -3.15. The van der Waals surface area contributed by atoms with E-state index in [-0.39, 0.29) is 17.0 Å². The maximum absolute atomic E-state index is 11.2. The molecule has 3 N–H and O–H groups in total. The van der Waals surface area contributed by atoms with Crippen LogP contribution in [0.3, 0.4) is 0 Å². The Balaban J connectivity index is 3.20. The Hall–Kier alpha value is -1.63. The third-order valence-corrected chi connectivity index (χ3v) is 1.61. The van der Waals surface area contributed by atoms with Gasteiger partial charge in [0.2, 0.25) is 0 Å². The molecule has 0 aliphatic rings. The minimum atomic E-state index is -1.10. The third-order valence-electron chi connectivity index (χ3n) is 1.61. The lowest BCUT2D eigenvalue weighted by molar-refractivity contribution is -0.770. The number of quaternary nitrogens is 1. The second kappa shape index (κ2) is 4.05. The van der Waals surface area contributed by atoms with Crippen molar-refractivity contribution < 1.29 is 14.8 Å². The molecule has 0 saturated heterocycles. The van der Waals surface area contributed by atoms with Crippen molar-refractivity contribution in [3.63, 3.8) is 0 Å². The van der Waals surface area contributed by atoms with E-state index in [4.69, 9.17) is 5.84 Å². The van der Waals surface area contributed by atoms with Gasteiger partial charge in [-0.1, -0.05) is 0 Å². The number of nitrogens with two attached hydrogens (primary N) is 1. The van der Waals surface area contributed by atoms with E-state index in [9.17, 15) is 14.8 Å². The fourth-order valence-electron chi connectivity index (χ4n) is 1.00. The molecule has 0 radical (unpaired) electrons. The summed E-state index contributed by atoms with van der Waals surface area (Å²) in [6.07, 6.45) is 1.37. The summed E-state index contributed by atoms with van der Waals surface area (Å²) in [6.45, 7) is 1.26. The van der Waals surface area contributed by atoms with Crippen molar-refractivity contribution in [1.82, 2.24) is 4.98 Å². The van der Waals surface area contributed by atoms with Gasteiger partial charge in [-0.15, -0.1) is 0 Å². The normalized spacial score (nSPS) is 12.2. The summed E-state index contributed by atoms with van der Waals surface area (Å²) in [5.41, 5.74) is -0.0798. The van der Waals surface area contributed by atoms with E-state index >= 15 is 0 Å². The van der Waals surface area contributed by atoms with E-state index < -0.39 is 11.1 Å². The summed E-state index contributed by atoms with van der Waals surface area (Å²) in [6, 6.07) is 2.80. The average Bonchev–Trinajstić information content (AvgIpc) is 2.16. The Morgan fingerprint density at radius 3 is 2.71 bits per heavy atom. The number of nitrogens with zero attached hydrogens (tertiary/aromatic N) is 1. The largest absolute Gasteiger partial charge is 0.606 e. The Morgan fingerprint density at radius 1 is 1.57 bits per heavy atom. The number of nitrogens with one attached hydrogen (secondary N) is 1. The van der Waals surface area contributed by atoms with Crippen LogP contribution in [0.5, 0.6) is 0 Å². The van der Waals surface area contributed by atoms with Gasteiger partial charge in [0, 0.05) is 13.1 Å². The highest BCUT2D eigenvalue weighted by Gasteiger charge is 2.19. The second-order valence-corrected chi connectivity index (χ2v) is 2.65. The highest BCUT2D eigenvalue weighted by atomic mass is 16.5. The van der Waals surface area contributed by atoms with Crippen LogP contribution in [-0.4, -0.2) is 16.7 Å². The topological polar surface area (TPSA) is 101 Å². The summed E-state index contributed by atoms with van der Waals surface area (Å²) in [7, 11) is 0. The van der Waals surface area contributed by atoms with Crippen LogP contribution in [-0.2, 0) is 0 Å². The van der Waals surface area contributed by atoms with E-state index in [0.29, 0.717) is 0 Å². The zero-order valence-electron chi connectivity index (χ0n) is 7.48. The van der Waals surface area contributed by atoms with Crippen LogP contribution in [0.1, 0.15) is 27.8 Å². The number of hydroxylamine groups is 1. The van der Waals surface area contributed by atoms with E-state index in [0.717, 1.165) is 0 Å². The van der Waals surface area contributed by atoms with Crippen LogP contribution < -0.4 is 11.0 Å². The summed E-state index contributed by atoms with van der Waals surface area (Å²) >= 11 is 0. The Bertz CT molecular complexity index is 376. The smallest absolute Gasteiger partial charge is 0.365 e. The Morgan fingerprint density at radius 2 is 2.21 bits per heavy atom. The summed E-state index contributed by atoms with van der Waals surface area (Å²) in [4.78, 5) is 25.9. The predicted molar refractivity (Wildman–Crippen MR) is 47.1 cm³/mol. The second-order valence-electron chi connectivity index (χ2n) is 2.65. The number of Topliss-reactive ketones (excluding diaryl/α,β-unsaturated/α-hetero) is 1. The third kappa shape index (κ3) is 1.99. The molecule has 0 saturated carbocycles. The van der Waals surface area contributed by atoms with Crippen molar-refractivity contribution in [2.75, 3.05) is 0 Å². The maximum Gasteiger partial charge on any atom is 0.365 e. The number of nitrogen functional groups attached to an aromatic ring is 1. The summed E-state index contributed by atoms with van der Waals surface area (Å²) in [5, 5.41) is 9.51. The van der Waals surface area contributed by atoms with Crippen molar-refractivity contribution in [2.24, 2.45) is 5.84 Å². The highest BCUT2D eigenvalue weighted by molar-refractivity contribution is 6.02. The van der Waals surface area contributed by atoms with Gasteiger partial charge in [-0.2, -0.15) is 5.84 Å². The average molecular weight is 195 g/mol. The Kier molecular flexibility index (Phi) is 3.03. The zero-order chi connectivity index (χ0) is 10.7. The first-order chi connectivity index (χ1) is 6.54. The molecule has 74 valence electrons. The molecule has 1 unspecified atom stereocenters. The van der Waals surface area contributed by atoms with Gasteiger partial charge in [0.15, 0.2) is 5.78 Å². The first kappa shape index (κ1) is 10.5. The van der Waals surface area contributed by atoms with E-state index in [1.807, 2.05) is 0 Å². The standard InChI is InChI=1S/C8H9N3O3/c1-5(12)7-6(3-2-4-10-7)8(13)11(9)14/h2-4,11H,9H2,1H3. The van der Waals surface area contributed by atoms with E-state index in [2.05, 4.69) is 4.98 Å². The van der Waals surface area contributed by atoms with Gasteiger partial charge in [0.1, 0.15) is 11.3 Å². The van der Waals surface area contributed by atoms with Crippen molar-refractivity contribution in [3.8, 4) is 0 Å². The molecule has 6 nitrogen and oxygen atoms in total. The molecule has 0 bridgehead atoms. The lowest BCUT2D eigenvalue weighted by atomic mass is 10.1. The van der Waals surface area contributed by atoms with Crippen LogP contribution in [0.15, 0.2) is 18.3 Å². The van der Waals surface area contributed by atoms with Crippen molar-refractivity contribution >= 4 is 11.7 Å². The van der Waals surface area contributed by atoms with Gasteiger partial charge in [0.05, 0.1) is 0 Å². The monoisotopic (exact) mass is 195 g/mol. The number of amides is 1. The number of hydrogen-bond acceptors (Lipinski definition) is 5. The molecule has 0 fully saturated rings. The van der Waals surface area contributed by atoms with Gasteiger partial charge in [-0.05, 0) is 12.1 Å². The molecule has 1 aromatic heterocycles. The van der Waals surface area contributed by atoms with Gasteiger partial charge in [0.25, 0.3) is 0 Å². The number of hydrogen-bond donors (Lipinski definition) is 2. The van der Waals surface area contributed by atoms with Crippen LogP contribution in [0.4, 0.5) is 0 Å². The minimum Gasteiger partial charge on any atom is -0.606 e. The van der Waals surface area contributed by atoms with Crippen molar-refractivity contribution in [2.45, 2.75) is 6.92 Å². The minimum absolute atomic E-state index is 0.0312. The molecule has 1 rings (SSSR count). The van der Waals surface area contributed by atoms with Gasteiger partial charge in [-0.25, -0.2) is 9.97 Å². The van der Waals surface area contributed by atoms with Gasteiger partial charge >= 0.3 is 5.91 Å². The zero-order valence-corrected chi connectivity index (χ0v) is 7.48. The van der Waals surface area contributed by atoms with E-state index in [1.165, 1.54) is 25.3 Å². The molecule has 0 aliphatic heterocycles. The van der Waals surface area contributed by atoms with Gasteiger partial charge in [-0.3, -0.25) is 9.78 Å². The molecule has 1 atom stereocenters. The molecule has 0 aromatic carbocycles. The number of pyridine rings is 1. The molecule has 14 heavy (non-hydrogen) atoms. The molecule has 6 heteroatoms. The molecule has 0 spiro atoms. The van der Waals surface area contributed by atoms with Crippen molar-refractivity contribution in [3.05, 3.63) is 34.8 Å².